The normalized spacial score (nSPS) is 11.7. The van der Waals surface area contributed by atoms with Crippen molar-refractivity contribution in [3.63, 3.8) is 0 Å². The predicted octanol–water partition coefficient (Wildman–Crippen LogP) is 1.26. The maximum Gasteiger partial charge on any atom is 0.241 e. The van der Waals surface area contributed by atoms with Crippen LogP contribution in [0.3, 0.4) is 0 Å². The number of hydrogen-bond acceptors (Lipinski definition) is 4. The van der Waals surface area contributed by atoms with Crippen molar-refractivity contribution in [1.82, 2.24) is 4.72 Å². The van der Waals surface area contributed by atoms with Gasteiger partial charge in [0.25, 0.3) is 0 Å². The Kier molecular flexibility index (Phi) is 6.24. The first-order valence-electron chi connectivity index (χ1n) is 5.48. The van der Waals surface area contributed by atoms with E-state index in [1.807, 2.05) is 6.92 Å². The Hall–Kier alpha value is -0.470. The van der Waals surface area contributed by atoms with Gasteiger partial charge in [0.2, 0.25) is 10.0 Å². The van der Waals surface area contributed by atoms with E-state index in [1.165, 1.54) is 6.07 Å². The summed E-state index contributed by atoms with van der Waals surface area (Å²) in [6.07, 6.45) is 0. The van der Waals surface area contributed by atoms with Crippen molar-refractivity contribution in [3.05, 3.63) is 28.2 Å². The largest absolute Gasteiger partial charge is 0.392 e. The van der Waals surface area contributed by atoms with E-state index in [1.54, 1.807) is 12.1 Å². The van der Waals surface area contributed by atoms with Gasteiger partial charge in [-0.25, -0.2) is 13.1 Å². The van der Waals surface area contributed by atoms with Crippen LogP contribution in [0.2, 0.25) is 0 Å². The fourth-order valence-corrected chi connectivity index (χ4v) is 3.47. The number of ether oxygens (including phenoxy) is 1. The molecular weight excluding hydrogens is 322 g/mol. The smallest absolute Gasteiger partial charge is 0.241 e. The van der Waals surface area contributed by atoms with Crippen LogP contribution in [0.5, 0.6) is 0 Å². The molecule has 1 aromatic carbocycles. The van der Waals surface area contributed by atoms with Gasteiger partial charge in [0.1, 0.15) is 0 Å². The van der Waals surface area contributed by atoms with Crippen LogP contribution >= 0.6 is 15.9 Å². The molecule has 5 nitrogen and oxygen atoms in total. The van der Waals surface area contributed by atoms with E-state index in [-0.39, 0.29) is 18.0 Å². The molecule has 0 aliphatic rings. The average molecular weight is 338 g/mol. The Morgan fingerprint density at radius 3 is 2.72 bits per heavy atom. The monoisotopic (exact) mass is 337 g/mol. The zero-order valence-electron chi connectivity index (χ0n) is 10.0. The van der Waals surface area contributed by atoms with Crippen molar-refractivity contribution < 1.29 is 18.3 Å². The summed E-state index contributed by atoms with van der Waals surface area (Å²) in [5, 5.41) is 8.95. The van der Waals surface area contributed by atoms with Crippen molar-refractivity contribution in [1.29, 1.82) is 0 Å². The third-order valence-electron chi connectivity index (χ3n) is 2.21. The highest BCUT2D eigenvalue weighted by atomic mass is 79.9. The third-order valence-corrected chi connectivity index (χ3v) is 4.65. The summed E-state index contributed by atoms with van der Waals surface area (Å²) >= 11 is 3.18. The van der Waals surface area contributed by atoms with E-state index >= 15 is 0 Å². The molecule has 1 aromatic rings. The number of aliphatic hydroxyl groups is 1. The van der Waals surface area contributed by atoms with Crippen molar-refractivity contribution >= 4 is 26.0 Å². The van der Waals surface area contributed by atoms with E-state index in [2.05, 4.69) is 20.7 Å². The SMILES string of the molecule is CCOCCNS(=O)(=O)c1ccc(CO)cc1Br. The van der Waals surface area contributed by atoms with Crippen LogP contribution in [0.25, 0.3) is 0 Å². The minimum atomic E-state index is -3.55. The quantitative estimate of drug-likeness (QED) is 0.734. The Labute approximate surface area is 115 Å². The maximum absolute atomic E-state index is 12.0. The highest BCUT2D eigenvalue weighted by Crippen LogP contribution is 2.23. The Balaban J connectivity index is 2.78. The number of halogens is 1. The van der Waals surface area contributed by atoms with Gasteiger partial charge >= 0.3 is 0 Å². The van der Waals surface area contributed by atoms with Gasteiger partial charge in [-0.1, -0.05) is 6.07 Å². The van der Waals surface area contributed by atoms with Crippen LogP contribution < -0.4 is 4.72 Å². The van der Waals surface area contributed by atoms with Crippen LogP contribution in [-0.4, -0.2) is 33.3 Å². The lowest BCUT2D eigenvalue weighted by atomic mass is 10.2. The van der Waals surface area contributed by atoms with Gasteiger partial charge in [-0.2, -0.15) is 0 Å². The second-order valence-corrected chi connectivity index (χ2v) is 6.11. The molecule has 0 saturated heterocycles. The van der Waals surface area contributed by atoms with E-state index in [9.17, 15) is 8.42 Å². The fourth-order valence-electron chi connectivity index (χ4n) is 1.33. The fraction of sp³-hybridized carbons (Fsp3) is 0.455. The summed E-state index contributed by atoms with van der Waals surface area (Å²) in [6.45, 7) is 2.83. The van der Waals surface area contributed by atoms with Crippen molar-refractivity contribution in [3.8, 4) is 0 Å². The lowest BCUT2D eigenvalue weighted by Gasteiger charge is -2.09. The number of sulfonamides is 1. The summed E-state index contributed by atoms with van der Waals surface area (Å²) in [5.74, 6) is 0. The van der Waals surface area contributed by atoms with Crippen molar-refractivity contribution in [2.75, 3.05) is 19.8 Å². The molecule has 1 rings (SSSR count). The van der Waals surface area contributed by atoms with Gasteiger partial charge < -0.3 is 9.84 Å². The zero-order chi connectivity index (χ0) is 13.6. The van der Waals surface area contributed by atoms with Gasteiger partial charge in [-0.15, -0.1) is 0 Å². The highest BCUT2D eigenvalue weighted by Gasteiger charge is 2.17. The van der Waals surface area contributed by atoms with Crippen LogP contribution in [0.15, 0.2) is 27.6 Å². The molecule has 0 fully saturated rings. The Morgan fingerprint density at radius 1 is 1.44 bits per heavy atom. The summed E-state index contributed by atoms with van der Waals surface area (Å²) < 4.78 is 31.8. The highest BCUT2D eigenvalue weighted by molar-refractivity contribution is 9.10. The molecular formula is C11H16BrNO4S. The van der Waals surface area contributed by atoms with E-state index < -0.39 is 10.0 Å². The van der Waals surface area contributed by atoms with Crippen LogP contribution in [0.1, 0.15) is 12.5 Å². The summed E-state index contributed by atoms with van der Waals surface area (Å²) in [5.41, 5.74) is 0.648. The van der Waals surface area contributed by atoms with Crippen LogP contribution in [0, 0.1) is 0 Å². The summed E-state index contributed by atoms with van der Waals surface area (Å²) in [7, 11) is -3.55. The first kappa shape index (κ1) is 15.6. The van der Waals surface area contributed by atoms with Gasteiger partial charge in [0, 0.05) is 17.6 Å². The number of benzene rings is 1. The van der Waals surface area contributed by atoms with Crippen molar-refractivity contribution in [2.45, 2.75) is 18.4 Å². The van der Waals surface area contributed by atoms with Crippen molar-refractivity contribution in [2.24, 2.45) is 0 Å². The number of nitrogens with one attached hydrogen (secondary N) is 1. The standard InChI is InChI=1S/C11H16BrNO4S/c1-2-17-6-5-13-18(15,16)11-4-3-9(8-14)7-10(11)12/h3-4,7,13-14H,2,5-6,8H2,1H3. The molecule has 7 heteroatoms. The third kappa shape index (κ3) is 4.33. The molecule has 0 spiro atoms. The summed E-state index contributed by atoms with van der Waals surface area (Å²) in [6, 6.07) is 4.61. The topological polar surface area (TPSA) is 75.6 Å². The minimum Gasteiger partial charge on any atom is -0.392 e. The van der Waals surface area contributed by atoms with Gasteiger partial charge in [0.15, 0.2) is 0 Å². The first-order chi connectivity index (χ1) is 8.51. The molecule has 0 unspecified atom stereocenters. The molecule has 0 aromatic heterocycles. The molecule has 0 atom stereocenters. The molecule has 0 aliphatic carbocycles. The Bertz CT molecular complexity index is 490. The van der Waals surface area contributed by atoms with Crippen LogP contribution in [0.4, 0.5) is 0 Å². The summed E-state index contributed by atoms with van der Waals surface area (Å²) in [4.78, 5) is 0.149. The number of hydrogen-bond donors (Lipinski definition) is 2. The molecule has 2 N–H and O–H groups in total. The van der Waals surface area contributed by atoms with Crippen LogP contribution in [-0.2, 0) is 21.4 Å². The second kappa shape index (κ2) is 7.20. The van der Waals surface area contributed by atoms with Gasteiger partial charge in [-0.3, -0.25) is 0 Å². The molecule has 0 bridgehead atoms. The van der Waals surface area contributed by atoms with E-state index in [0.717, 1.165) is 0 Å². The average Bonchev–Trinajstić information content (AvgIpc) is 2.34. The minimum absolute atomic E-state index is 0.128. The molecule has 18 heavy (non-hydrogen) atoms. The molecule has 0 saturated carbocycles. The molecule has 0 heterocycles. The molecule has 0 amide bonds. The lowest BCUT2D eigenvalue weighted by molar-refractivity contribution is 0.153. The Morgan fingerprint density at radius 2 is 2.17 bits per heavy atom. The first-order valence-corrected chi connectivity index (χ1v) is 7.75. The van der Waals surface area contributed by atoms with E-state index in [0.29, 0.717) is 23.2 Å². The van der Waals surface area contributed by atoms with E-state index in [4.69, 9.17) is 9.84 Å². The molecule has 0 radical (unpaired) electrons. The van der Waals surface area contributed by atoms with Gasteiger partial charge in [-0.05, 0) is 40.5 Å². The lowest BCUT2D eigenvalue weighted by Crippen LogP contribution is -2.27. The second-order valence-electron chi connectivity index (χ2n) is 3.52. The van der Waals surface area contributed by atoms with Gasteiger partial charge in [0.05, 0.1) is 18.1 Å². The predicted molar refractivity (Wildman–Crippen MR) is 71.7 cm³/mol. The molecule has 0 aliphatic heterocycles. The number of rotatable bonds is 7. The number of aliphatic hydroxyl groups excluding tert-OH is 1. The molecule has 102 valence electrons. The zero-order valence-corrected chi connectivity index (χ0v) is 12.4. The maximum atomic E-state index is 12.0.